The zero-order valence-corrected chi connectivity index (χ0v) is 65.5. The van der Waals surface area contributed by atoms with Gasteiger partial charge in [-0.2, -0.15) is 5.10 Å². The van der Waals surface area contributed by atoms with Crippen LogP contribution in [0.3, 0.4) is 0 Å². The van der Waals surface area contributed by atoms with Crippen molar-refractivity contribution in [1.82, 2.24) is 50.8 Å². The maximum atomic E-state index is 14.5. The van der Waals surface area contributed by atoms with E-state index in [1.54, 1.807) is 56.3 Å². The van der Waals surface area contributed by atoms with Crippen molar-refractivity contribution in [2.24, 2.45) is 27.9 Å². The third kappa shape index (κ3) is 20.3. The third-order valence-corrected chi connectivity index (χ3v) is 22.9. The minimum Gasteiger partial charge on any atom is -0.476 e. The fourth-order valence-electron chi connectivity index (χ4n) is 17.8. The van der Waals surface area contributed by atoms with E-state index >= 15 is 0 Å². The largest absolute Gasteiger partial charge is 0.476 e. The zero-order valence-electron chi connectivity index (χ0n) is 64.6. The summed E-state index contributed by atoms with van der Waals surface area (Å²) in [4.78, 5) is 146. The topological polar surface area (TPSA) is 361 Å². The molecule has 4 saturated carbocycles. The lowest BCUT2D eigenvalue weighted by Gasteiger charge is -2.69. The van der Waals surface area contributed by atoms with E-state index in [1.165, 1.54) is 23.5 Å². The molecule has 12 rings (SSSR count). The molecule has 10 amide bonds. The van der Waals surface area contributed by atoms with Crippen molar-refractivity contribution in [3.8, 4) is 11.1 Å². The first-order valence-electron chi connectivity index (χ1n) is 38.3. The number of nitrogens with one attached hydrogen (secondary N) is 6. The molecule has 3 aromatic heterocycles. The van der Waals surface area contributed by atoms with Crippen molar-refractivity contribution in [2.75, 3.05) is 83.1 Å². The van der Waals surface area contributed by atoms with Crippen LogP contribution in [0, 0.1) is 29.1 Å². The molecule has 110 heavy (non-hydrogen) atoms. The second-order valence-corrected chi connectivity index (χ2v) is 34.0. The number of aromatic nitrogens is 4. The number of alkyl carbamates (subject to hydrolysis) is 1. The Hall–Kier alpha value is -10.1. The lowest BCUT2D eigenvalue weighted by atomic mass is 9.39. The highest BCUT2D eigenvalue weighted by Crippen LogP contribution is 2.72. The van der Waals surface area contributed by atoms with Crippen LogP contribution in [-0.4, -0.2) is 190 Å². The van der Waals surface area contributed by atoms with Crippen LogP contribution in [0.25, 0.3) is 21.3 Å². The van der Waals surface area contributed by atoms with E-state index in [-0.39, 0.29) is 110 Å². The molecule has 4 fully saturated rings. The summed E-state index contributed by atoms with van der Waals surface area (Å²) in [5, 5.41) is 33.1. The van der Waals surface area contributed by atoms with E-state index in [0.717, 1.165) is 87.9 Å². The van der Waals surface area contributed by atoms with Gasteiger partial charge < -0.3 is 61.2 Å². The number of primary amides is 1. The number of amides is 10. The van der Waals surface area contributed by atoms with Crippen LogP contribution in [-0.2, 0) is 64.4 Å². The number of unbranched alkanes of at least 4 members (excludes halogenated alkanes) is 3. The van der Waals surface area contributed by atoms with Crippen molar-refractivity contribution in [2.45, 2.75) is 181 Å². The SMILES string of the molecule is Cc1c(-c2ccc(N3CCc4cccc(C(=O)Nc5nc6ccccc6s5)c4C3)nc2C(=O)O)cnn1CC12CC3(C)CC(C)(C1)CC(OCCN(C)C(=O)C(CCCC[N+](C)(C)C)NC(=O)OCc1ccc(NC(=O)C(CCCNC(N)=O)NC(=O)C(NC(=O)CCCCCN4C(=O)C=CC4=O)C(C)C)cc1)(C3)C2. The Balaban J connectivity index is 0.682. The van der Waals surface area contributed by atoms with Gasteiger partial charge in [-0.3, -0.25) is 48.5 Å². The van der Waals surface area contributed by atoms with E-state index < -0.39 is 53.6 Å². The summed E-state index contributed by atoms with van der Waals surface area (Å²) >= 11 is 1.41. The Morgan fingerprint density at radius 2 is 1.49 bits per heavy atom. The number of fused-ring (bicyclic) bond motifs is 2. The molecule has 2 aliphatic heterocycles. The minimum absolute atomic E-state index is 0.0214. The number of quaternary nitrogens is 1. The number of thiazole rings is 1. The Morgan fingerprint density at radius 1 is 0.764 bits per heavy atom. The summed E-state index contributed by atoms with van der Waals surface area (Å²) in [6.45, 7) is 13.4. The number of likely N-dealkylation sites (N-methyl/N-ethyl adjacent to an activating group) is 1. The third-order valence-electron chi connectivity index (χ3n) is 22.0. The fraction of sp³-hybridized carbons (Fsp3) is 0.519. The highest BCUT2D eigenvalue weighted by atomic mass is 32.1. The Morgan fingerprint density at radius 3 is 2.19 bits per heavy atom. The Kier molecular flexibility index (Phi) is 25.3. The van der Waals surface area contributed by atoms with Gasteiger partial charge in [0.05, 0.1) is 56.3 Å². The summed E-state index contributed by atoms with van der Waals surface area (Å²) in [5.74, 6) is -3.81. The summed E-state index contributed by atoms with van der Waals surface area (Å²) in [6.07, 6.45) is 13.5. The molecule has 9 N–H and O–H groups in total. The molecule has 6 aliphatic rings. The molecular formula is C81H106N15O13S+. The molecule has 28 nitrogen and oxygen atoms in total. The monoisotopic (exact) mass is 1530 g/mol. The van der Waals surface area contributed by atoms with Gasteiger partial charge in [0.25, 0.3) is 17.7 Å². The van der Waals surface area contributed by atoms with Gasteiger partial charge in [0, 0.05) is 93.0 Å². The van der Waals surface area contributed by atoms with Crippen LogP contribution < -0.4 is 42.5 Å². The second-order valence-electron chi connectivity index (χ2n) is 32.9. The molecule has 4 aliphatic carbocycles. The summed E-state index contributed by atoms with van der Waals surface area (Å²) in [6, 6.07) is 20.0. The van der Waals surface area contributed by atoms with Gasteiger partial charge in [0.2, 0.25) is 23.6 Å². The van der Waals surface area contributed by atoms with Gasteiger partial charge in [-0.15, -0.1) is 0 Å². The smallest absolute Gasteiger partial charge is 0.408 e. The van der Waals surface area contributed by atoms with Crippen molar-refractivity contribution in [3.05, 3.63) is 131 Å². The Bertz CT molecular complexity index is 4400. The van der Waals surface area contributed by atoms with Gasteiger partial charge in [-0.1, -0.05) is 81.9 Å². The highest BCUT2D eigenvalue weighted by Gasteiger charge is 2.66. The molecule has 0 radical (unpaired) electrons. The number of rotatable bonds is 36. The molecule has 5 unspecified atom stereocenters. The molecule has 0 saturated heterocycles. The lowest BCUT2D eigenvalue weighted by molar-refractivity contribution is -0.870. The number of aromatic carboxylic acids is 1. The quantitative estimate of drug-likeness (QED) is 0.0103. The minimum atomic E-state index is -1.16. The van der Waals surface area contributed by atoms with E-state index in [4.69, 9.17) is 25.3 Å². The first kappa shape index (κ1) is 80.9. The molecule has 6 aromatic rings. The average Bonchev–Trinajstić information content (AvgIpc) is 0.925. The molecule has 29 heteroatoms. The van der Waals surface area contributed by atoms with E-state index in [0.29, 0.717) is 97.0 Å². The number of nitrogens with zero attached hydrogens (tertiary/aromatic N) is 8. The van der Waals surface area contributed by atoms with Crippen LogP contribution in [0.15, 0.2) is 97.2 Å². The number of carboxylic acids is 1. The number of carbonyl (C=O) groups is 10. The zero-order chi connectivity index (χ0) is 78.9. The van der Waals surface area contributed by atoms with Crippen molar-refractivity contribution in [3.63, 3.8) is 0 Å². The number of hydrogen-bond acceptors (Lipinski definition) is 17. The van der Waals surface area contributed by atoms with Crippen molar-refractivity contribution in [1.29, 1.82) is 0 Å². The predicted octanol–water partition coefficient (Wildman–Crippen LogP) is 9.64. The summed E-state index contributed by atoms with van der Waals surface area (Å²) < 4.78 is 16.6. The van der Waals surface area contributed by atoms with Gasteiger partial charge in [-0.05, 0) is 178 Å². The number of carboxylic acid groups (broad SMARTS) is 1. The van der Waals surface area contributed by atoms with Crippen molar-refractivity contribution >= 4 is 97.6 Å². The number of carbonyl (C=O) groups excluding carboxylic acids is 9. The molecule has 588 valence electrons. The number of anilines is 3. The number of imide groups is 1. The first-order chi connectivity index (χ1) is 52.3. The maximum absolute atomic E-state index is 14.5. The van der Waals surface area contributed by atoms with E-state index in [1.807, 2.05) is 71.1 Å². The number of pyridine rings is 1. The second kappa shape index (κ2) is 34.4. The number of ether oxygens (including phenoxy) is 2. The highest BCUT2D eigenvalue weighted by molar-refractivity contribution is 7.22. The standard InChI is InChI=1S/C81H105N15O13S/c1-51(2)68(90-65(97)25-11-10-15-36-94-66(98)32-33-67(94)99)72(102)86-61(23-18-35-83-75(82)106)71(101)85-55-28-26-53(27-29-55)43-108-77(107)88-62(22-14-16-39-96(7,8)9)73(103)92(6)38-40-109-81-47-78(4)44-79(5,48-81)46-80(45-78,49-81)50-95-52(3)58(41-84-95)56-30-31-64(89-69(56)74(104)105)93-37-34-54-19-17-20-57(59(54)42-93)70(100)91-76-87-60-21-12-13-24-63(60)110-76/h12-13,17,19-21,24,26-33,41,51,61-62,68H,10-11,14-16,18,22-23,25,34-40,42-50H2,1-9H3,(H8-,82,83,85,86,87,88,90,91,97,100,101,102,104,105,106,107)/p+1. The summed E-state index contributed by atoms with van der Waals surface area (Å²) in [7, 11) is 8.04. The molecule has 0 spiro atoms. The molecule has 3 aromatic carbocycles. The number of para-hydroxylation sites is 1. The number of urea groups is 1. The molecule has 4 bridgehead atoms. The van der Waals surface area contributed by atoms with Gasteiger partial charge in [0.15, 0.2) is 10.8 Å². The van der Waals surface area contributed by atoms with E-state index in [2.05, 4.69) is 71.9 Å². The van der Waals surface area contributed by atoms with Crippen LogP contribution in [0.4, 0.5) is 26.2 Å². The maximum Gasteiger partial charge on any atom is 0.408 e. The van der Waals surface area contributed by atoms with Gasteiger partial charge in [-0.25, -0.2) is 24.4 Å². The Labute approximate surface area is 646 Å². The van der Waals surface area contributed by atoms with Crippen LogP contribution in [0.1, 0.15) is 167 Å². The van der Waals surface area contributed by atoms with Crippen LogP contribution in [0.2, 0.25) is 0 Å². The number of benzene rings is 3. The predicted molar refractivity (Wildman–Crippen MR) is 417 cm³/mol. The lowest BCUT2D eigenvalue weighted by Crippen LogP contribution is -2.64. The molecule has 5 heterocycles. The van der Waals surface area contributed by atoms with Gasteiger partial charge in [0.1, 0.15) is 30.6 Å². The van der Waals surface area contributed by atoms with Crippen LogP contribution in [0.5, 0.6) is 0 Å². The average molecular weight is 1530 g/mol. The molecular weight excluding hydrogens is 1420 g/mol. The number of nitrogens with two attached hydrogens (primary N) is 1. The summed E-state index contributed by atoms with van der Waals surface area (Å²) in [5.41, 5.74) is 10.7. The first-order valence-corrected chi connectivity index (χ1v) is 39.1. The van der Waals surface area contributed by atoms with E-state index in [9.17, 15) is 53.1 Å². The molecule has 5 atom stereocenters. The normalized spacial score (nSPS) is 20.6. The van der Waals surface area contributed by atoms with Crippen molar-refractivity contribution < 1.29 is 67.0 Å². The van der Waals surface area contributed by atoms with Gasteiger partial charge >= 0.3 is 18.1 Å². The van der Waals surface area contributed by atoms with Crippen LogP contribution >= 0.6 is 11.3 Å². The number of hydrogen-bond donors (Lipinski definition) is 8. The fourth-order valence-corrected chi connectivity index (χ4v) is 18.7.